The second kappa shape index (κ2) is 12.7. The molecule has 4 aliphatic rings. The zero-order valence-corrected chi connectivity index (χ0v) is 21.6. The van der Waals surface area contributed by atoms with E-state index in [0.29, 0.717) is 0 Å². The Balaban J connectivity index is 1.42. The van der Waals surface area contributed by atoms with E-state index in [4.69, 9.17) is 52.4 Å². The van der Waals surface area contributed by atoms with Crippen molar-refractivity contribution in [3.05, 3.63) is 0 Å². The highest BCUT2D eigenvalue weighted by Gasteiger charge is 2.53. The van der Waals surface area contributed by atoms with E-state index in [0.717, 1.165) is 0 Å². The van der Waals surface area contributed by atoms with E-state index in [1.54, 1.807) is 7.05 Å². The molecule has 16 atom stereocenters. The first-order valence-electron chi connectivity index (χ1n) is 13.0. The molecule has 1 aliphatic carbocycles. The summed E-state index contributed by atoms with van der Waals surface area (Å²) in [7, 11) is 1.57. The molecule has 9 unspecified atom stereocenters. The lowest BCUT2D eigenvalue weighted by atomic mass is 9.85. The van der Waals surface area contributed by atoms with Crippen molar-refractivity contribution < 1.29 is 48.5 Å². The maximum absolute atomic E-state index is 14.8. The molecule has 1 saturated carbocycles. The molecule has 17 heteroatoms. The van der Waals surface area contributed by atoms with Crippen LogP contribution in [0.3, 0.4) is 0 Å². The predicted molar refractivity (Wildman–Crippen MR) is 132 cm³/mol. The van der Waals surface area contributed by atoms with Crippen LogP contribution in [0.2, 0.25) is 0 Å². The molecule has 3 saturated heterocycles. The highest BCUT2D eigenvalue weighted by Crippen LogP contribution is 2.36. The quantitative estimate of drug-likeness (QED) is 0.101. The number of nitrogens with zero attached hydrogens (tertiary/aromatic N) is 1. The third-order valence-corrected chi connectivity index (χ3v) is 7.79. The van der Waals surface area contributed by atoms with Gasteiger partial charge >= 0.3 is 0 Å². The Kier molecular flexibility index (Phi) is 9.96. The molecule has 0 radical (unpaired) electrons. The van der Waals surface area contributed by atoms with E-state index in [1.165, 1.54) is 0 Å². The summed E-state index contributed by atoms with van der Waals surface area (Å²) in [4.78, 5) is 3.99. The first-order chi connectivity index (χ1) is 18.4. The molecule has 16 nitrogen and oxygen atoms in total. The van der Waals surface area contributed by atoms with Crippen LogP contribution in [0, 0.1) is 0 Å². The molecular weight excluding hydrogens is 525 g/mol. The number of hydrogen-bond donors (Lipinski definition) is 10. The van der Waals surface area contributed by atoms with E-state index in [-0.39, 0.29) is 25.2 Å². The summed E-state index contributed by atoms with van der Waals surface area (Å²) in [6.07, 6.45) is -12.6. The van der Waals surface area contributed by atoms with Crippen LogP contribution in [0.5, 0.6) is 0 Å². The van der Waals surface area contributed by atoms with Gasteiger partial charge in [0.05, 0.1) is 30.8 Å². The van der Waals surface area contributed by atoms with Crippen LogP contribution in [0.1, 0.15) is 19.3 Å². The topological polar surface area (TPSA) is 282 Å². The molecule has 4 rings (SSSR count). The van der Waals surface area contributed by atoms with Gasteiger partial charge in [-0.2, -0.15) is 0 Å². The molecule has 4 fully saturated rings. The minimum Gasteiger partial charge on any atom is -0.394 e. The average molecular weight is 568 g/mol. The van der Waals surface area contributed by atoms with Gasteiger partial charge in [0.15, 0.2) is 31.0 Å². The van der Waals surface area contributed by atoms with Crippen LogP contribution < -0.4 is 34.0 Å². The molecule has 226 valence electrons. The second-order valence-electron chi connectivity index (χ2n) is 10.6. The molecule has 0 amide bonds. The number of rotatable bonds is 7. The van der Waals surface area contributed by atoms with E-state index >= 15 is 0 Å². The fraction of sp³-hybridized carbons (Fsp3) is 0.955. The minimum absolute atomic E-state index is 0.0464. The largest absolute Gasteiger partial charge is 0.394 e. The summed E-state index contributed by atoms with van der Waals surface area (Å²) in [5, 5.41) is 44.5. The lowest BCUT2D eigenvalue weighted by Gasteiger charge is -2.51. The lowest BCUT2D eigenvalue weighted by Crippen LogP contribution is -2.69. The maximum Gasteiger partial charge on any atom is 0.187 e. The molecule has 0 bridgehead atoms. The minimum atomic E-state index is -1.84. The van der Waals surface area contributed by atoms with E-state index in [9.17, 15) is 24.8 Å². The van der Waals surface area contributed by atoms with Crippen molar-refractivity contribution in [2.75, 3.05) is 13.7 Å². The van der Waals surface area contributed by atoms with Crippen molar-refractivity contribution in [2.45, 2.75) is 117 Å². The Hall–Kier alpha value is -1.32. The summed E-state index contributed by atoms with van der Waals surface area (Å²) in [5.74, 6) is -0.211. The van der Waals surface area contributed by atoms with Crippen LogP contribution in [0.25, 0.3) is 0 Å². The molecule has 0 aromatic heterocycles. The van der Waals surface area contributed by atoms with Gasteiger partial charge in [-0.15, -0.1) is 0 Å². The third-order valence-electron chi connectivity index (χ3n) is 7.79. The fourth-order valence-corrected chi connectivity index (χ4v) is 5.67. The number of ether oxygens (including phenoxy) is 5. The monoisotopic (exact) mass is 567 g/mol. The SMILES string of the molecule is CNC1C(O[C@H]2OC(CO)[C@@H](N=C(N)N)CC2O)O[C@H]2CC(N)[C@@H](O[C@@H]3C(N)C[C@@H](N)C(O)[C@H]3F)OC2C1O. The number of hydrogen-bond acceptors (Lipinski definition) is 14. The molecule has 3 aliphatic heterocycles. The number of halogens is 1. The molecule has 39 heavy (non-hydrogen) atoms. The third kappa shape index (κ3) is 6.45. The number of nitrogens with two attached hydrogens (primary N) is 5. The Bertz CT molecular complexity index is 846. The summed E-state index contributed by atoms with van der Waals surface area (Å²) in [5.41, 5.74) is 28.9. The summed E-state index contributed by atoms with van der Waals surface area (Å²) in [6, 6.07) is -3.95. The van der Waals surface area contributed by atoms with Crippen LogP contribution in [-0.4, -0.2) is 138 Å². The smallest absolute Gasteiger partial charge is 0.187 e. The Morgan fingerprint density at radius 1 is 0.923 bits per heavy atom. The highest BCUT2D eigenvalue weighted by molar-refractivity contribution is 5.75. The molecular formula is C22H42FN7O9. The Labute approximate surface area is 224 Å². The molecule has 0 spiro atoms. The number of aliphatic hydroxyl groups excluding tert-OH is 4. The zero-order chi connectivity index (χ0) is 28.6. The summed E-state index contributed by atoms with van der Waals surface area (Å²) in [6.45, 7) is -0.431. The standard InChI is InChI=1S/C22H42FN7O9/c1-29-14-16(34)18-11(3-8(26)19(38-18)37-17-7(25)2-6(24)15(33)13(17)23)35-21(14)39-20-10(32)4-9(30-22(27)28)12(5-31)36-20/h6-21,29,31-34H,2-5,24-26H2,1H3,(H4,27,28,30)/t6-,7?,8?,9+,10?,11+,12?,13-,14?,15?,16?,17-,18?,19+,20-,21?/m1/s1. The highest BCUT2D eigenvalue weighted by atomic mass is 19.1. The van der Waals surface area contributed by atoms with Crippen molar-refractivity contribution >= 4 is 5.96 Å². The normalized spacial score (nSPS) is 50.7. The van der Waals surface area contributed by atoms with Crippen LogP contribution in [0.4, 0.5) is 4.39 Å². The molecule has 0 aromatic rings. The van der Waals surface area contributed by atoms with Gasteiger partial charge in [-0.25, -0.2) is 9.38 Å². The van der Waals surface area contributed by atoms with Gasteiger partial charge in [-0.3, -0.25) is 0 Å². The van der Waals surface area contributed by atoms with Gasteiger partial charge in [-0.1, -0.05) is 0 Å². The van der Waals surface area contributed by atoms with Gasteiger partial charge < -0.3 is 78.1 Å². The van der Waals surface area contributed by atoms with E-state index in [1.807, 2.05) is 0 Å². The van der Waals surface area contributed by atoms with Gasteiger partial charge in [-0.05, 0) is 19.9 Å². The number of aliphatic hydroxyl groups is 4. The number of alkyl halides is 1. The van der Waals surface area contributed by atoms with Gasteiger partial charge in [0, 0.05) is 18.5 Å². The number of fused-ring (bicyclic) bond motifs is 1. The molecule has 0 aromatic carbocycles. The van der Waals surface area contributed by atoms with Crippen molar-refractivity contribution in [1.82, 2.24) is 5.32 Å². The Morgan fingerprint density at radius 3 is 2.28 bits per heavy atom. The first-order valence-corrected chi connectivity index (χ1v) is 13.0. The van der Waals surface area contributed by atoms with Gasteiger partial charge in [0.1, 0.15) is 36.6 Å². The van der Waals surface area contributed by atoms with Crippen molar-refractivity contribution in [1.29, 1.82) is 0 Å². The average Bonchev–Trinajstić information content (AvgIpc) is 2.87. The molecule has 15 N–H and O–H groups in total. The summed E-state index contributed by atoms with van der Waals surface area (Å²) >= 11 is 0. The van der Waals surface area contributed by atoms with E-state index in [2.05, 4.69) is 10.3 Å². The van der Waals surface area contributed by atoms with E-state index < -0.39 is 105 Å². The number of guanidine groups is 1. The Morgan fingerprint density at radius 2 is 1.64 bits per heavy atom. The van der Waals surface area contributed by atoms with Crippen LogP contribution >= 0.6 is 0 Å². The fourth-order valence-electron chi connectivity index (χ4n) is 5.67. The van der Waals surface area contributed by atoms with Crippen LogP contribution in [0.15, 0.2) is 4.99 Å². The van der Waals surface area contributed by atoms with Gasteiger partial charge in [0.2, 0.25) is 0 Å². The lowest BCUT2D eigenvalue weighted by molar-refractivity contribution is -0.366. The van der Waals surface area contributed by atoms with Gasteiger partial charge in [0.25, 0.3) is 0 Å². The van der Waals surface area contributed by atoms with Crippen molar-refractivity contribution in [3.8, 4) is 0 Å². The number of likely N-dealkylation sites (N-methyl/N-ethyl adjacent to an activating group) is 1. The first kappa shape index (κ1) is 30.6. The maximum atomic E-state index is 14.8. The van der Waals surface area contributed by atoms with Crippen molar-refractivity contribution in [3.63, 3.8) is 0 Å². The molecule has 3 heterocycles. The number of aliphatic imine (C=N–C) groups is 1. The zero-order valence-electron chi connectivity index (χ0n) is 21.6. The second-order valence-corrected chi connectivity index (χ2v) is 10.6. The van der Waals surface area contributed by atoms with Crippen molar-refractivity contribution in [2.24, 2.45) is 33.7 Å². The summed E-state index contributed by atoms with van der Waals surface area (Å²) < 4.78 is 44.2. The van der Waals surface area contributed by atoms with Crippen LogP contribution in [-0.2, 0) is 23.7 Å². The number of nitrogens with one attached hydrogen (secondary N) is 1. The predicted octanol–water partition coefficient (Wildman–Crippen LogP) is -5.63.